The molecule has 0 rings (SSSR count). The highest BCUT2D eigenvalue weighted by atomic mass is 16.7. The summed E-state index contributed by atoms with van der Waals surface area (Å²) in [6.07, 6.45) is 5.15. The molecule has 0 N–H and O–H groups in total. The lowest BCUT2D eigenvalue weighted by Crippen LogP contribution is -2.36. The molecule has 0 aromatic rings. The number of unbranched alkanes of at least 4 members (excludes halogenated alkanes) is 2. The lowest BCUT2D eigenvalue weighted by molar-refractivity contribution is -0.159. The number of hydrogen-bond acceptors (Lipinski definition) is 3. The minimum Gasteiger partial charge on any atom is -0.351 e. The largest absolute Gasteiger partial charge is 0.351 e. The van der Waals surface area contributed by atoms with Gasteiger partial charge in [0.25, 0.3) is 0 Å². The molecule has 0 aliphatic carbocycles. The predicted octanol–water partition coefficient (Wildman–Crippen LogP) is 2.59. The Balaban J connectivity index is 4.08. The molecule has 4 heteroatoms. The highest BCUT2D eigenvalue weighted by Crippen LogP contribution is 2.03. The van der Waals surface area contributed by atoms with Crippen LogP contribution < -0.4 is 0 Å². The number of nitrogens with zero attached hydrogens (tertiary/aromatic N) is 1. The molecule has 0 atom stereocenters. The molecular weight excluding hydrogens is 230 g/mol. The van der Waals surface area contributed by atoms with Gasteiger partial charge in [0.15, 0.2) is 6.29 Å². The summed E-state index contributed by atoms with van der Waals surface area (Å²) < 4.78 is 11.3. The van der Waals surface area contributed by atoms with Gasteiger partial charge in [-0.05, 0) is 18.9 Å². The van der Waals surface area contributed by atoms with Gasteiger partial charge < -0.3 is 14.4 Å². The van der Waals surface area contributed by atoms with Crippen LogP contribution in [0.3, 0.4) is 0 Å². The molecule has 1 amide bonds. The zero-order valence-corrected chi connectivity index (χ0v) is 12.0. The molecule has 0 saturated carbocycles. The maximum Gasteiger partial charge on any atom is 0.245 e. The summed E-state index contributed by atoms with van der Waals surface area (Å²) in [4.78, 5) is 13.0. The maximum absolute atomic E-state index is 11.4. The van der Waals surface area contributed by atoms with Gasteiger partial charge in [-0.1, -0.05) is 33.3 Å². The van der Waals surface area contributed by atoms with Crippen LogP contribution in [0.4, 0.5) is 0 Å². The van der Waals surface area contributed by atoms with E-state index in [1.165, 1.54) is 6.08 Å². The molecular formula is C14H27NO3. The Morgan fingerprint density at radius 3 is 2.11 bits per heavy atom. The van der Waals surface area contributed by atoms with Gasteiger partial charge >= 0.3 is 0 Å². The van der Waals surface area contributed by atoms with Crippen LogP contribution >= 0.6 is 0 Å². The third-order valence-corrected chi connectivity index (χ3v) is 2.58. The fourth-order valence-electron chi connectivity index (χ4n) is 1.34. The van der Waals surface area contributed by atoms with Gasteiger partial charge in [0.05, 0.1) is 6.54 Å². The second kappa shape index (κ2) is 11.2. The molecule has 0 bridgehead atoms. The van der Waals surface area contributed by atoms with Crippen molar-refractivity contribution in [2.24, 2.45) is 0 Å². The van der Waals surface area contributed by atoms with E-state index in [-0.39, 0.29) is 12.2 Å². The van der Waals surface area contributed by atoms with Crippen molar-refractivity contribution in [1.82, 2.24) is 4.90 Å². The summed E-state index contributed by atoms with van der Waals surface area (Å²) >= 11 is 0. The van der Waals surface area contributed by atoms with E-state index in [2.05, 4.69) is 20.4 Å². The zero-order valence-electron chi connectivity index (χ0n) is 12.0. The quantitative estimate of drug-likeness (QED) is 0.324. The Labute approximate surface area is 111 Å². The first-order valence-corrected chi connectivity index (χ1v) is 6.76. The normalized spacial score (nSPS) is 10.7. The Bertz CT molecular complexity index is 221. The van der Waals surface area contributed by atoms with Crippen LogP contribution in [-0.2, 0) is 14.3 Å². The number of hydrogen-bond donors (Lipinski definition) is 0. The molecule has 0 aromatic carbocycles. The van der Waals surface area contributed by atoms with Gasteiger partial charge in [-0.25, -0.2) is 0 Å². The number of rotatable bonds is 11. The summed E-state index contributed by atoms with van der Waals surface area (Å²) in [5.74, 6) is -0.113. The van der Waals surface area contributed by atoms with Crippen molar-refractivity contribution in [1.29, 1.82) is 0 Å². The van der Waals surface area contributed by atoms with Crippen molar-refractivity contribution in [3.63, 3.8) is 0 Å². The molecule has 0 saturated heterocycles. The van der Waals surface area contributed by atoms with Gasteiger partial charge in [0.1, 0.15) is 0 Å². The topological polar surface area (TPSA) is 38.8 Å². The SMILES string of the molecule is C=CC(=O)N(C)CC(OCCCC)OCCCC. The molecule has 0 unspecified atom stereocenters. The van der Waals surface area contributed by atoms with E-state index in [0.29, 0.717) is 19.8 Å². The number of amides is 1. The third kappa shape index (κ3) is 8.25. The summed E-state index contributed by atoms with van der Waals surface area (Å²) in [5, 5.41) is 0. The molecule has 0 spiro atoms. The van der Waals surface area contributed by atoms with Crippen LogP contribution in [0.1, 0.15) is 39.5 Å². The van der Waals surface area contributed by atoms with E-state index < -0.39 is 0 Å². The molecule has 0 heterocycles. The summed E-state index contributed by atoms with van der Waals surface area (Å²) in [6, 6.07) is 0. The van der Waals surface area contributed by atoms with E-state index in [1.807, 2.05) is 0 Å². The van der Waals surface area contributed by atoms with Crippen molar-refractivity contribution in [3.8, 4) is 0 Å². The third-order valence-electron chi connectivity index (χ3n) is 2.58. The lowest BCUT2D eigenvalue weighted by Gasteiger charge is -2.24. The molecule has 0 aliphatic rings. The van der Waals surface area contributed by atoms with E-state index in [0.717, 1.165) is 25.7 Å². The first kappa shape index (κ1) is 17.1. The molecule has 0 radical (unpaired) electrons. The average molecular weight is 257 g/mol. The Morgan fingerprint density at radius 2 is 1.72 bits per heavy atom. The van der Waals surface area contributed by atoms with E-state index >= 15 is 0 Å². The van der Waals surface area contributed by atoms with E-state index in [9.17, 15) is 4.79 Å². The molecule has 0 aliphatic heterocycles. The van der Waals surface area contributed by atoms with Crippen molar-refractivity contribution < 1.29 is 14.3 Å². The van der Waals surface area contributed by atoms with E-state index in [4.69, 9.17) is 9.47 Å². The number of ether oxygens (including phenoxy) is 2. The van der Waals surface area contributed by atoms with Crippen LogP contribution in [0, 0.1) is 0 Å². The average Bonchev–Trinajstić information content (AvgIpc) is 2.37. The first-order chi connectivity index (χ1) is 8.65. The van der Waals surface area contributed by atoms with Gasteiger partial charge in [0, 0.05) is 20.3 Å². The Hall–Kier alpha value is -0.870. The van der Waals surface area contributed by atoms with Crippen LogP contribution in [0.15, 0.2) is 12.7 Å². The number of carbonyl (C=O) groups excluding carboxylic acids is 1. The molecule has 18 heavy (non-hydrogen) atoms. The Kier molecular flexibility index (Phi) is 10.7. The molecule has 0 aromatic heterocycles. The minimum absolute atomic E-state index is 0.113. The van der Waals surface area contributed by atoms with Crippen LogP contribution in [0.2, 0.25) is 0 Å². The monoisotopic (exact) mass is 257 g/mol. The van der Waals surface area contributed by atoms with Crippen molar-refractivity contribution >= 4 is 5.91 Å². The summed E-state index contributed by atoms with van der Waals surface area (Å²) in [7, 11) is 1.73. The summed E-state index contributed by atoms with van der Waals surface area (Å²) in [5.41, 5.74) is 0. The van der Waals surface area contributed by atoms with E-state index in [1.54, 1.807) is 11.9 Å². The zero-order chi connectivity index (χ0) is 13.8. The highest BCUT2D eigenvalue weighted by molar-refractivity contribution is 5.86. The van der Waals surface area contributed by atoms with Crippen LogP contribution in [0.25, 0.3) is 0 Å². The van der Waals surface area contributed by atoms with Crippen molar-refractivity contribution in [3.05, 3.63) is 12.7 Å². The second-order valence-electron chi connectivity index (χ2n) is 4.30. The fraction of sp³-hybridized carbons (Fsp3) is 0.786. The van der Waals surface area contributed by atoms with Gasteiger partial charge in [0.2, 0.25) is 5.91 Å². The molecule has 4 nitrogen and oxygen atoms in total. The highest BCUT2D eigenvalue weighted by Gasteiger charge is 2.14. The van der Waals surface area contributed by atoms with Gasteiger partial charge in [-0.3, -0.25) is 4.79 Å². The maximum atomic E-state index is 11.4. The first-order valence-electron chi connectivity index (χ1n) is 6.76. The van der Waals surface area contributed by atoms with Crippen LogP contribution in [-0.4, -0.2) is 43.9 Å². The Morgan fingerprint density at radius 1 is 1.22 bits per heavy atom. The molecule has 0 fully saturated rings. The minimum atomic E-state index is -0.336. The number of likely N-dealkylation sites (N-methyl/N-ethyl adjacent to an activating group) is 1. The predicted molar refractivity (Wildman–Crippen MR) is 73.3 cm³/mol. The van der Waals surface area contributed by atoms with Crippen molar-refractivity contribution in [2.45, 2.75) is 45.8 Å². The van der Waals surface area contributed by atoms with Crippen LogP contribution in [0.5, 0.6) is 0 Å². The number of carbonyl (C=O) groups is 1. The smallest absolute Gasteiger partial charge is 0.245 e. The standard InChI is InChI=1S/C14H27NO3/c1-5-8-10-17-14(18-11-9-6-2)12-15(4)13(16)7-3/h7,14H,3,5-6,8-12H2,1-2,4H3. The second-order valence-corrected chi connectivity index (χ2v) is 4.30. The summed E-state index contributed by atoms with van der Waals surface area (Å²) in [6.45, 7) is 9.48. The van der Waals surface area contributed by atoms with Gasteiger partial charge in [-0.2, -0.15) is 0 Å². The van der Waals surface area contributed by atoms with Gasteiger partial charge in [-0.15, -0.1) is 0 Å². The fourth-order valence-corrected chi connectivity index (χ4v) is 1.34. The lowest BCUT2D eigenvalue weighted by atomic mass is 10.3. The molecule has 106 valence electrons. The van der Waals surface area contributed by atoms with Crippen molar-refractivity contribution in [2.75, 3.05) is 26.8 Å².